The number of nitrogens with two attached hydrogens (primary N) is 1. The third kappa shape index (κ3) is 2.27. The van der Waals surface area contributed by atoms with Gasteiger partial charge < -0.3 is 20.2 Å². The molecular formula is C12H12N4O3. The molecule has 1 aliphatic heterocycles. The second kappa shape index (κ2) is 4.69. The highest BCUT2D eigenvalue weighted by atomic mass is 16.5. The van der Waals surface area contributed by atoms with Crippen LogP contribution in [0.5, 0.6) is 5.75 Å². The Bertz CT molecular complexity index is 623. The minimum absolute atomic E-state index is 0.0353. The van der Waals surface area contributed by atoms with Crippen LogP contribution in [-0.2, 0) is 11.2 Å². The van der Waals surface area contributed by atoms with Crippen LogP contribution in [0.4, 0.5) is 5.69 Å². The van der Waals surface area contributed by atoms with Crippen molar-refractivity contribution in [2.24, 2.45) is 5.73 Å². The summed E-state index contributed by atoms with van der Waals surface area (Å²) in [5.41, 5.74) is 6.75. The molecule has 0 bridgehead atoms. The molecule has 0 atom stereocenters. The summed E-state index contributed by atoms with van der Waals surface area (Å²) in [5.74, 6) is 1.34. The normalized spacial score (nSPS) is 13.6. The lowest BCUT2D eigenvalue weighted by molar-refractivity contribution is -0.118. The van der Waals surface area contributed by atoms with Crippen LogP contribution >= 0.6 is 0 Å². The maximum absolute atomic E-state index is 11.3. The molecule has 1 aromatic carbocycles. The molecule has 19 heavy (non-hydrogen) atoms. The lowest BCUT2D eigenvalue weighted by Gasteiger charge is -2.17. The number of ether oxygens (including phenoxy) is 1. The monoisotopic (exact) mass is 260 g/mol. The Morgan fingerprint density at radius 3 is 3.11 bits per heavy atom. The minimum Gasteiger partial charge on any atom is -0.482 e. The molecule has 1 aliphatic rings. The molecule has 7 nitrogen and oxygen atoms in total. The van der Waals surface area contributed by atoms with E-state index < -0.39 is 0 Å². The first-order valence-corrected chi connectivity index (χ1v) is 5.86. The van der Waals surface area contributed by atoms with Gasteiger partial charge in [0.1, 0.15) is 5.75 Å². The van der Waals surface area contributed by atoms with E-state index in [-0.39, 0.29) is 12.5 Å². The Labute approximate surface area is 108 Å². The Morgan fingerprint density at radius 2 is 2.26 bits per heavy atom. The number of amides is 1. The molecule has 2 aromatic rings. The summed E-state index contributed by atoms with van der Waals surface area (Å²) in [5, 5.41) is 10.6. The van der Waals surface area contributed by atoms with Crippen molar-refractivity contribution in [2.75, 3.05) is 18.5 Å². The quantitative estimate of drug-likeness (QED) is 0.836. The van der Waals surface area contributed by atoms with E-state index in [2.05, 4.69) is 15.5 Å². The van der Waals surface area contributed by atoms with Gasteiger partial charge in [0.15, 0.2) is 6.61 Å². The van der Waals surface area contributed by atoms with E-state index in [0.29, 0.717) is 36.2 Å². The molecule has 7 heteroatoms. The zero-order chi connectivity index (χ0) is 13.2. The highest BCUT2D eigenvalue weighted by Gasteiger charge is 2.17. The van der Waals surface area contributed by atoms with Crippen molar-refractivity contribution in [3.8, 4) is 17.2 Å². The Hall–Kier alpha value is -2.41. The van der Waals surface area contributed by atoms with Gasteiger partial charge in [-0.05, 0) is 18.2 Å². The molecule has 3 N–H and O–H groups in total. The van der Waals surface area contributed by atoms with Crippen LogP contribution in [-0.4, -0.2) is 29.3 Å². The standard InChI is InChI=1S/C12H12N4O3/c13-4-3-11-15-16-12(19-11)7-1-2-9-8(5-7)14-10(17)6-18-9/h1-2,5H,3-4,6,13H2,(H,14,17). The number of benzene rings is 1. The van der Waals surface area contributed by atoms with Gasteiger partial charge in [-0.3, -0.25) is 4.79 Å². The average molecular weight is 260 g/mol. The van der Waals surface area contributed by atoms with Gasteiger partial charge in [0.05, 0.1) is 5.69 Å². The molecule has 0 spiro atoms. The number of aromatic nitrogens is 2. The first-order valence-electron chi connectivity index (χ1n) is 5.86. The molecule has 0 unspecified atom stereocenters. The fourth-order valence-electron chi connectivity index (χ4n) is 1.81. The second-order valence-corrected chi connectivity index (χ2v) is 4.09. The highest BCUT2D eigenvalue weighted by molar-refractivity contribution is 5.96. The first kappa shape index (κ1) is 11.7. The van der Waals surface area contributed by atoms with Gasteiger partial charge in [-0.2, -0.15) is 0 Å². The lowest BCUT2D eigenvalue weighted by atomic mass is 10.1. The summed E-state index contributed by atoms with van der Waals surface area (Å²) < 4.78 is 10.7. The fraction of sp³-hybridized carbons (Fsp3) is 0.250. The Balaban J connectivity index is 1.92. The van der Waals surface area contributed by atoms with Crippen LogP contribution in [0, 0.1) is 0 Å². The fourth-order valence-corrected chi connectivity index (χ4v) is 1.81. The molecular weight excluding hydrogens is 248 g/mol. The molecule has 0 saturated heterocycles. The average Bonchev–Trinajstić information content (AvgIpc) is 2.87. The van der Waals surface area contributed by atoms with E-state index in [9.17, 15) is 4.79 Å². The number of carbonyl (C=O) groups excluding carboxylic acids is 1. The molecule has 1 amide bonds. The van der Waals surface area contributed by atoms with E-state index >= 15 is 0 Å². The molecule has 3 rings (SSSR count). The van der Waals surface area contributed by atoms with Crippen molar-refractivity contribution in [1.29, 1.82) is 0 Å². The summed E-state index contributed by atoms with van der Waals surface area (Å²) in [6.45, 7) is 0.489. The molecule has 0 aliphatic carbocycles. The van der Waals surface area contributed by atoms with E-state index in [1.807, 2.05) is 0 Å². The molecule has 2 heterocycles. The molecule has 1 aromatic heterocycles. The lowest BCUT2D eigenvalue weighted by Crippen LogP contribution is -2.25. The third-order valence-electron chi connectivity index (χ3n) is 2.68. The van der Waals surface area contributed by atoms with Crippen molar-refractivity contribution in [3.05, 3.63) is 24.1 Å². The zero-order valence-electron chi connectivity index (χ0n) is 10.0. The molecule has 0 saturated carbocycles. The topological polar surface area (TPSA) is 103 Å². The number of anilines is 1. The van der Waals surface area contributed by atoms with Crippen LogP contribution in [0.3, 0.4) is 0 Å². The van der Waals surface area contributed by atoms with Crippen LogP contribution in [0.2, 0.25) is 0 Å². The van der Waals surface area contributed by atoms with E-state index in [1.54, 1.807) is 18.2 Å². The van der Waals surface area contributed by atoms with Crippen LogP contribution in [0.25, 0.3) is 11.5 Å². The van der Waals surface area contributed by atoms with Crippen molar-refractivity contribution in [1.82, 2.24) is 10.2 Å². The van der Waals surface area contributed by atoms with Gasteiger partial charge in [0.25, 0.3) is 5.91 Å². The highest BCUT2D eigenvalue weighted by Crippen LogP contribution is 2.32. The van der Waals surface area contributed by atoms with Crippen molar-refractivity contribution < 1.29 is 13.9 Å². The van der Waals surface area contributed by atoms with E-state index in [4.69, 9.17) is 14.9 Å². The smallest absolute Gasteiger partial charge is 0.262 e. The van der Waals surface area contributed by atoms with Crippen molar-refractivity contribution >= 4 is 11.6 Å². The van der Waals surface area contributed by atoms with Crippen molar-refractivity contribution in [2.45, 2.75) is 6.42 Å². The second-order valence-electron chi connectivity index (χ2n) is 4.09. The van der Waals surface area contributed by atoms with Gasteiger partial charge in [-0.25, -0.2) is 0 Å². The Kier molecular flexibility index (Phi) is 2.88. The first-order chi connectivity index (χ1) is 9.26. The summed E-state index contributed by atoms with van der Waals surface area (Å²) in [6.07, 6.45) is 0.539. The molecule has 98 valence electrons. The van der Waals surface area contributed by atoms with Gasteiger partial charge in [0, 0.05) is 18.5 Å². The van der Waals surface area contributed by atoms with Gasteiger partial charge in [-0.1, -0.05) is 0 Å². The minimum atomic E-state index is -0.181. The SMILES string of the molecule is NCCc1nnc(-c2ccc3c(c2)NC(=O)CO3)o1. The summed E-state index contributed by atoms with van der Waals surface area (Å²) in [4.78, 5) is 11.3. The maximum atomic E-state index is 11.3. The zero-order valence-corrected chi connectivity index (χ0v) is 10.0. The number of nitrogens with one attached hydrogen (secondary N) is 1. The number of rotatable bonds is 3. The van der Waals surface area contributed by atoms with Gasteiger partial charge >= 0.3 is 0 Å². The Morgan fingerprint density at radius 1 is 1.37 bits per heavy atom. The van der Waals surface area contributed by atoms with E-state index in [1.165, 1.54) is 0 Å². The third-order valence-corrected chi connectivity index (χ3v) is 2.68. The number of fused-ring (bicyclic) bond motifs is 1. The van der Waals surface area contributed by atoms with Crippen LogP contribution < -0.4 is 15.8 Å². The van der Waals surface area contributed by atoms with Gasteiger partial charge in [0.2, 0.25) is 11.8 Å². The summed E-state index contributed by atoms with van der Waals surface area (Å²) in [6, 6.07) is 5.30. The molecule has 0 radical (unpaired) electrons. The van der Waals surface area contributed by atoms with Crippen LogP contribution in [0.1, 0.15) is 5.89 Å². The largest absolute Gasteiger partial charge is 0.482 e. The predicted molar refractivity (Wildman–Crippen MR) is 66.6 cm³/mol. The van der Waals surface area contributed by atoms with Gasteiger partial charge in [-0.15, -0.1) is 10.2 Å². The van der Waals surface area contributed by atoms with E-state index in [0.717, 1.165) is 5.56 Å². The van der Waals surface area contributed by atoms with Crippen molar-refractivity contribution in [3.63, 3.8) is 0 Å². The summed E-state index contributed by atoms with van der Waals surface area (Å²) in [7, 11) is 0. The number of hydrogen-bond donors (Lipinski definition) is 2. The number of hydrogen-bond acceptors (Lipinski definition) is 6. The van der Waals surface area contributed by atoms with Crippen LogP contribution in [0.15, 0.2) is 22.6 Å². The predicted octanol–water partition coefficient (Wildman–Crippen LogP) is 0.569. The molecule has 0 fully saturated rings. The number of carbonyl (C=O) groups is 1. The summed E-state index contributed by atoms with van der Waals surface area (Å²) >= 11 is 0. The maximum Gasteiger partial charge on any atom is 0.262 e. The number of nitrogens with zero attached hydrogens (tertiary/aromatic N) is 2.